The highest BCUT2D eigenvalue weighted by Gasteiger charge is 2.14. The number of nitrogens with one attached hydrogen (secondary N) is 1. The van der Waals surface area contributed by atoms with Crippen LogP contribution in [0.25, 0.3) is 0 Å². The molecule has 1 aromatic rings. The van der Waals surface area contributed by atoms with Gasteiger partial charge in [-0.3, -0.25) is 4.68 Å². The smallest absolute Gasteiger partial charge is 0.0534 e. The number of aromatic nitrogens is 2. The second-order valence-electron chi connectivity index (χ2n) is 3.89. The predicted molar refractivity (Wildman–Crippen MR) is 54.8 cm³/mol. The van der Waals surface area contributed by atoms with E-state index in [2.05, 4.69) is 24.3 Å². The van der Waals surface area contributed by atoms with E-state index < -0.39 is 0 Å². The van der Waals surface area contributed by atoms with Crippen molar-refractivity contribution in [2.45, 2.75) is 25.9 Å². The van der Waals surface area contributed by atoms with Crippen molar-refractivity contribution in [2.75, 3.05) is 5.88 Å². The maximum Gasteiger partial charge on any atom is 0.0534 e. The van der Waals surface area contributed by atoms with Gasteiger partial charge in [0.15, 0.2) is 0 Å². The van der Waals surface area contributed by atoms with Crippen molar-refractivity contribution in [3.8, 4) is 0 Å². The van der Waals surface area contributed by atoms with E-state index in [0.717, 1.165) is 6.54 Å². The average molecular weight is 202 g/mol. The lowest BCUT2D eigenvalue weighted by molar-refractivity contribution is 0.429. The molecule has 0 radical (unpaired) electrons. The molecule has 3 nitrogen and oxygen atoms in total. The highest BCUT2D eigenvalue weighted by molar-refractivity contribution is 6.18. The summed E-state index contributed by atoms with van der Waals surface area (Å²) in [6.45, 7) is 4.97. The van der Waals surface area contributed by atoms with Crippen LogP contribution in [0.15, 0.2) is 12.4 Å². The van der Waals surface area contributed by atoms with Crippen molar-refractivity contribution in [2.24, 2.45) is 7.05 Å². The predicted octanol–water partition coefficient (Wildman–Crippen LogP) is 1.53. The summed E-state index contributed by atoms with van der Waals surface area (Å²) in [6.07, 6.45) is 3.86. The molecule has 0 unspecified atom stereocenters. The Balaban J connectivity index is 2.43. The van der Waals surface area contributed by atoms with Gasteiger partial charge in [0.1, 0.15) is 0 Å². The van der Waals surface area contributed by atoms with Crippen LogP contribution in [0.1, 0.15) is 19.4 Å². The topological polar surface area (TPSA) is 29.9 Å². The van der Waals surface area contributed by atoms with Gasteiger partial charge in [-0.05, 0) is 13.8 Å². The van der Waals surface area contributed by atoms with Gasteiger partial charge < -0.3 is 5.32 Å². The summed E-state index contributed by atoms with van der Waals surface area (Å²) in [5.74, 6) is 0.604. The molecule has 0 saturated heterocycles. The Morgan fingerprint density at radius 1 is 1.62 bits per heavy atom. The summed E-state index contributed by atoms with van der Waals surface area (Å²) in [7, 11) is 1.91. The van der Waals surface area contributed by atoms with Crippen molar-refractivity contribution in [1.29, 1.82) is 0 Å². The van der Waals surface area contributed by atoms with Gasteiger partial charge in [0.25, 0.3) is 0 Å². The Morgan fingerprint density at radius 2 is 2.31 bits per heavy atom. The zero-order chi connectivity index (χ0) is 9.90. The first-order chi connectivity index (χ1) is 6.03. The Labute approximate surface area is 84.1 Å². The van der Waals surface area contributed by atoms with Crippen molar-refractivity contribution in [3.05, 3.63) is 18.0 Å². The van der Waals surface area contributed by atoms with Crippen LogP contribution in [-0.2, 0) is 13.6 Å². The van der Waals surface area contributed by atoms with Crippen molar-refractivity contribution in [3.63, 3.8) is 0 Å². The molecule has 1 aromatic heterocycles. The summed E-state index contributed by atoms with van der Waals surface area (Å²) in [5.41, 5.74) is 1.16. The first kappa shape index (κ1) is 10.5. The van der Waals surface area contributed by atoms with Gasteiger partial charge in [0.2, 0.25) is 0 Å². The molecule has 0 aliphatic rings. The molecule has 1 heterocycles. The fourth-order valence-corrected chi connectivity index (χ4v) is 1.05. The third kappa shape index (κ3) is 3.36. The minimum atomic E-state index is -0.0165. The summed E-state index contributed by atoms with van der Waals surface area (Å²) < 4.78 is 1.80. The monoisotopic (exact) mass is 201 g/mol. The molecule has 13 heavy (non-hydrogen) atoms. The van der Waals surface area contributed by atoms with Gasteiger partial charge in [-0.1, -0.05) is 0 Å². The number of aryl methyl sites for hydroxylation is 1. The Hall–Kier alpha value is -0.540. The minimum absolute atomic E-state index is 0.0165. The molecule has 0 aliphatic carbocycles. The molecule has 0 atom stereocenters. The molecule has 0 bridgehead atoms. The van der Waals surface area contributed by atoms with E-state index in [1.54, 1.807) is 4.68 Å². The minimum Gasteiger partial charge on any atom is -0.306 e. The lowest BCUT2D eigenvalue weighted by atomic mass is 10.1. The van der Waals surface area contributed by atoms with E-state index in [4.69, 9.17) is 11.6 Å². The zero-order valence-electron chi connectivity index (χ0n) is 8.34. The molecule has 0 spiro atoms. The van der Waals surface area contributed by atoms with Gasteiger partial charge in [0.05, 0.1) is 6.20 Å². The summed E-state index contributed by atoms with van der Waals surface area (Å²) in [6, 6.07) is 0. The molecular weight excluding hydrogens is 186 g/mol. The Morgan fingerprint density at radius 3 is 2.77 bits per heavy atom. The number of hydrogen-bond acceptors (Lipinski definition) is 2. The highest BCUT2D eigenvalue weighted by atomic mass is 35.5. The summed E-state index contributed by atoms with van der Waals surface area (Å²) in [5, 5.41) is 7.44. The normalized spacial score (nSPS) is 12.0. The molecular formula is C9H16ClN3. The number of hydrogen-bond donors (Lipinski definition) is 1. The molecule has 74 valence electrons. The first-order valence-corrected chi connectivity index (χ1v) is 4.85. The van der Waals surface area contributed by atoms with E-state index in [1.807, 2.05) is 19.4 Å². The van der Waals surface area contributed by atoms with Gasteiger partial charge in [0, 0.05) is 36.8 Å². The van der Waals surface area contributed by atoms with E-state index in [0.29, 0.717) is 5.88 Å². The van der Waals surface area contributed by atoms with Crippen LogP contribution < -0.4 is 5.32 Å². The van der Waals surface area contributed by atoms with E-state index in [-0.39, 0.29) is 5.54 Å². The molecule has 0 fully saturated rings. The Kier molecular flexibility index (Phi) is 3.33. The first-order valence-electron chi connectivity index (χ1n) is 4.32. The number of nitrogens with zero attached hydrogens (tertiary/aromatic N) is 2. The van der Waals surface area contributed by atoms with E-state index >= 15 is 0 Å². The summed E-state index contributed by atoms with van der Waals surface area (Å²) in [4.78, 5) is 0. The second kappa shape index (κ2) is 4.11. The Bertz CT molecular complexity index is 268. The van der Waals surface area contributed by atoms with Crippen LogP contribution in [0, 0.1) is 0 Å². The maximum absolute atomic E-state index is 5.78. The van der Waals surface area contributed by atoms with Crippen molar-refractivity contribution in [1.82, 2.24) is 15.1 Å². The van der Waals surface area contributed by atoms with Crippen LogP contribution in [0.2, 0.25) is 0 Å². The zero-order valence-corrected chi connectivity index (χ0v) is 9.10. The molecule has 0 saturated carbocycles. The lowest BCUT2D eigenvalue weighted by Gasteiger charge is -2.22. The average Bonchev–Trinajstić information content (AvgIpc) is 2.48. The third-order valence-corrected chi connectivity index (χ3v) is 2.53. The van der Waals surface area contributed by atoms with Crippen molar-refractivity contribution >= 4 is 11.6 Å². The molecule has 0 amide bonds. The molecule has 4 heteroatoms. The number of rotatable bonds is 4. The fraction of sp³-hybridized carbons (Fsp3) is 0.667. The highest BCUT2D eigenvalue weighted by Crippen LogP contribution is 2.06. The van der Waals surface area contributed by atoms with E-state index in [9.17, 15) is 0 Å². The van der Waals surface area contributed by atoms with Crippen LogP contribution in [0.4, 0.5) is 0 Å². The second-order valence-corrected chi connectivity index (χ2v) is 4.16. The lowest BCUT2D eigenvalue weighted by Crippen LogP contribution is -2.40. The molecule has 0 aromatic carbocycles. The van der Waals surface area contributed by atoms with Crippen LogP contribution >= 0.6 is 11.6 Å². The molecule has 1 rings (SSSR count). The van der Waals surface area contributed by atoms with Gasteiger partial charge >= 0.3 is 0 Å². The molecule has 0 aliphatic heterocycles. The van der Waals surface area contributed by atoms with Gasteiger partial charge in [-0.2, -0.15) is 5.10 Å². The van der Waals surface area contributed by atoms with Crippen molar-refractivity contribution < 1.29 is 0 Å². The van der Waals surface area contributed by atoms with Crippen LogP contribution in [0.5, 0.6) is 0 Å². The van der Waals surface area contributed by atoms with Gasteiger partial charge in [-0.25, -0.2) is 0 Å². The number of alkyl halides is 1. The third-order valence-electron chi connectivity index (χ3n) is 1.86. The summed E-state index contributed by atoms with van der Waals surface area (Å²) >= 11 is 5.78. The van der Waals surface area contributed by atoms with E-state index in [1.165, 1.54) is 5.56 Å². The number of halogens is 1. The fourth-order valence-electron chi connectivity index (χ4n) is 0.952. The van der Waals surface area contributed by atoms with Gasteiger partial charge in [-0.15, -0.1) is 11.6 Å². The van der Waals surface area contributed by atoms with Crippen LogP contribution in [0.3, 0.4) is 0 Å². The SMILES string of the molecule is Cn1cc(CNC(C)(C)CCl)cn1. The maximum atomic E-state index is 5.78. The largest absolute Gasteiger partial charge is 0.306 e. The van der Waals surface area contributed by atoms with Crippen LogP contribution in [-0.4, -0.2) is 21.2 Å². The standard InChI is InChI=1S/C9H16ClN3/c1-9(2,7-10)11-4-8-5-12-13(3)6-8/h5-6,11H,4,7H2,1-3H3. The quantitative estimate of drug-likeness (QED) is 0.749. The molecule has 1 N–H and O–H groups in total.